The second-order valence-electron chi connectivity index (χ2n) is 5.73. The van der Waals surface area contributed by atoms with Gasteiger partial charge in [0.1, 0.15) is 12.1 Å². The molecule has 0 unspecified atom stereocenters. The molecule has 2 rings (SSSR count). The lowest BCUT2D eigenvalue weighted by Crippen LogP contribution is -2.15. The highest BCUT2D eigenvalue weighted by Gasteiger charge is 2.18. The monoisotopic (exact) mass is 363 g/mol. The summed E-state index contributed by atoms with van der Waals surface area (Å²) in [6.07, 6.45) is 4.50. The molecular weight excluding hydrogens is 345 g/mol. The van der Waals surface area contributed by atoms with Gasteiger partial charge in [0.25, 0.3) is 0 Å². The zero-order chi connectivity index (χ0) is 18.6. The number of hydrogen-bond acceptors (Lipinski definition) is 5. The van der Waals surface area contributed by atoms with Gasteiger partial charge in [-0.05, 0) is 42.3 Å². The van der Waals surface area contributed by atoms with Crippen LogP contribution in [0.15, 0.2) is 30.3 Å². The SMILES string of the molecule is CC(C)c1nc(NS(C)(=O)=O)nc(-c2ccc(F)cc2)c1/C=C/C=O. The summed E-state index contributed by atoms with van der Waals surface area (Å²) in [6, 6.07) is 5.63. The topological polar surface area (TPSA) is 89.0 Å². The molecule has 0 spiro atoms. The van der Waals surface area contributed by atoms with Crippen LogP contribution in [0.25, 0.3) is 17.3 Å². The smallest absolute Gasteiger partial charge is 0.237 e. The van der Waals surface area contributed by atoms with Crippen molar-refractivity contribution >= 4 is 28.3 Å². The minimum Gasteiger partial charge on any atom is -0.299 e. The minimum atomic E-state index is -3.56. The highest BCUT2D eigenvalue weighted by atomic mass is 32.2. The van der Waals surface area contributed by atoms with E-state index in [1.165, 1.54) is 30.3 Å². The molecule has 0 aliphatic heterocycles. The molecule has 2 aromatic rings. The Balaban J connectivity index is 2.76. The van der Waals surface area contributed by atoms with Gasteiger partial charge in [-0.2, -0.15) is 0 Å². The number of anilines is 1. The van der Waals surface area contributed by atoms with Crippen LogP contribution in [0.2, 0.25) is 0 Å². The Hall–Kier alpha value is -2.61. The number of nitrogens with one attached hydrogen (secondary N) is 1. The van der Waals surface area contributed by atoms with E-state index in [2.05, 4.69) is 14.7 Å². The Morgan fingerprint density at radius 1 is 1.16 bits per heavy atom. The van der Waals surface area contributed by atoms with Crippen LogP contribution in [0.3, 0.4) is 0 Å². The lowest BCUT2D eigenvalue weighted by molar-refractivity contribution is -0.104. The predicted molar refractivity (Wildman–Crippen MR) is 95.1 cm³/mol. The van der Waals surface area contributed by atoms with Crippen molar-refractivity contribution in [3.63, 3.8) is 0 Å². The number of aldehydes is 1. The average Bonchev–Trinajstić information content (AvgIpc) is 2.52. The number of carbonyl (C=O) groups excluding carboxylic acids is 1. The van der Waals surface area contributed by atoms with Gasteiger partial charge in [0, 0.05) is 11.1 Å². The first-order chi connectivity index (χ1) is 11.7. The summed E-state index contributed by atoms with van der Waals surface area (Å²) in [4.78, 5) is 19.3. The van der Waals surface area contributed by atoms with Gasteiger partial charge in [-0.15, -0.1) is 0 Å². The van der Waals surface area contributed by atoms with Crippen molar-refractivity contribution in [3.05, 3.63) is 47.4 Å². The van der Waals surface area contributed by atoms with Gasteiger partial charge < -0.3 is 0 Å². The van der Waals surface area contributed by atoms with Crippen LogP contribution in [0.1, 0.15) is 31.0 Å². The van der Waals surface area contributed by atoms with E-state index in [1.807, 2.05) is 13.8 Å². The van der Waals surface area contributed by atoms with Crippen molar-refractivity contribution in [2.45, 2.75) is 19.8 Å². The van der Waals surface area contributed by atoms with Crippen LogP contribution in [-0.2, 0) is 14.8 Å². The molecule has 0 radical (unpaired) electrons. The molecule has 1 aromatic carbocycles. The lowest BCUT2D eigenvalue weighted by atomic mass is 9.98. The highest BCUT2D eigenvalue weighted by Crippen LogP contribution is 2.30. The molecule has 0 fully saturated rings. The number of halogens is 1. The van der Waals surface area contributed by atoms with Gasteiger partial charge in [0.05, 0.1) is 17.6 Å². The quantitative estimate of drug-likeness (QED) is 0.629. The number of sulfonamides is 1. The lowest BCUT2D eigenvalue weighted by Gasteiger charge is -2.16. The summed E-state index contributed by atoms with van der Waals surface area (Å²) in [5.41, 5.74) is 2.13. The van der Waals surface area contributed by atoms with E-state index in [1.54, 1.807) is 6.08 Å². The Labute approximate surface area is 145 Å². The largest absolute Gasteiger partial charge is 0.299 e. The van der Waals surface area contributed by atoms with Crippen LogP contribution in [-0.4, -0.2) is 30.9 Å². The zero-order valence-electron chi connectivity index (χ0n) is 14.0. The second-order valence-corrected chi connectivity index (χ2v) is 7.47. The van der Waals surface area contributed by atoms with Crippen molar-refractivity contribution in [2.75, 3.05) is 11.0 Å². The third-order valence-corrected chi connectivity index (χ3v) is 3.81. The molecule has 0 saturated carbocycles. The van der Waals surface area contributed by atoms with E-state index in [0.29, 0.717) is 28.8 Å². The first kappa shape index (κ1) is 18.7. The van der Waals surface area contributed by atoms with E-state index in [4.69, 9.17) is 0 Å². The third-order valence-electron chi connectivity index (χ3n) is 3.26. The van der Waals surface area contributed by atoms with E-state index < -0.39 is 15.8 Å². The van der Waals surface area contributed by atoms with Crippen LogP contribution in [0.4, 0.5) is 10.3 Å². The molecule has 8 heteroatoms. The molecule has 0 saturated heterocycles. The Bertz CT molecular complexity index is 907. The maximum absolute atomic E-state index is 13.2. The van der Waals surface area contributed by atoms with E-state index in [-0.39, 0.29) is 11.9 Å². The molecule has 0 atom stereocenters. The number of carbonyl (C=O) groups is 1. The Morgan fingerprint density at radius 2 is 1.80 bits per heavy atom. The number of allylic oxidation sites excluding steroid dienone is 1. The predicted octanol–water partition coefficient (Wildman–Crippen LogP) is 2.99. The standard InChI is InChI=1S/C17H18FN3O3S/c1-11(2)15-14(5-4-10-22)16(12-6-8-13(18)9-7-12)20-17(19-15)21-25(3,23)24/h4-11H,1-3H3,(H,19,20,21)/b5-4+. The number of aromatic nitrogens is 2. The first-order valence-electron chi connectivity index (χ1n) is 7.48. The molecule has 0 amide bonds. The molecule has 0 aliphatic rings. The van der Waals surface area contributed by atoms with Gasteiger partial charge in [0.15, 0.2) is 0 Å². The number of hydrogen-bond donors (Lipinski definition) is 1. The van der Waals surface area contributed by atoms with E-state index in [0.717, 1.165) is 6.26 Å². The highest BCUT2D eigenvalue weighted by molar-refractivity contribution is 7.91. The van der Waals surface area contributed by atoms with Gasteiger partial charge in [-0.3, -0.25) is 9.52 Å². The van der Waals surface area contributed by atoms with E-state index in [9.17, 15) is 17.6 Å². The van der Waals surface area contributed by atoms with E-state index >= 15 is 0 Å². The zero-order valence-corrected chi connectivity index (χ0v) is 14.8. The van der Waals surface area contributed by atoms with Crippen LogP contribution >= 0.6 is 0 Å². The average molecular weight is 363 g/mol. The summed E-state index contributed by atoms with van der Waals surface area (Å²) in [7, 11) is -3.56. The Kier molecular flexibility index (Phi) is 5.63. The maximum atomic E-state index is 13.2. The van der Waals surface area contributed by atoms with Gasteiger partial charge in [0.2, 0.25) is 16.0 Å². The second kappa shape index (κ2) is 7.52. The van der Waals surface area contributed by atoms with Crippen molar-refractivity contribution in [3.8, 4) is 11.3 Å². The molecule has 6 nitrogen and oxygen atoms in total. The third kappa shape index (κ3) is 4.93. The van der Waals surface area contributed by atoms with Crippen molar-refractivity contribution < 1.29 is 17.6 Å². The van der Waals surface area contributed by atoms with Crippen LogP contribution in [0, 0.1) is 5.82 Å². The molecule has 1 heterocycles. The molecule has 0 aliphatic carbocycles. The fraction of sp³-hybridized carbons (Fsp3) is 0.235. The number of nitrogens with zero attached hydrogens (tertiary/aromatic N) is 2. The fourth-order valence-electron chi connectivity index (χ4n) is 2.27. The summed E-state index contributed by atoms with van der Waals surface area (Å²) >= 11 is 0. The minimum absolute atomic E-state index is 0.0615. The van der Waals surface area contributed by atoms with Gasteiger partial charge in [-0.25, -0.2) is 22.8 Å². The molecule has 132 valence electrons. The molecule has 0 bridgehead atoms. The number of rotatable bonds is 6. The summed E-state index contributed by atoms with van der Waals surface area (Å²) < 4.78 is 38.6. The maximum Gasteiger partial charge on any atom is 0.237 e. The van der Waals surface area contributed by atoms with Crippen molar-refractivity contribution in [2.24, 2.45) is 0 Å². The summed E-state index contributed by atoms with van der Waals surface area (Å²) in [6.45, 7) is 3.78. The first-order valence-corrected chi connectivity index (χ1v) is 9.38. The number of benzene rings is 1. The van der Waals surface area contributed by atoms with Crippen molar-refractivity contribution in [1.29, 1.82) is 0 Å². The summed E-state index contributed by atoms with van der Waals surface area (Å²) in [5.74, 6) is -0.538. The Morgan fingerprint density at radius 3 is 2.32 bits per heavy atom. The van der Waals surface area contributed by atoms with Crippen LogP contribution < -0.4 is 4.72 Å². The molecule has 1 aromatic heterocycles. The molecule has 1 N–H and O–H groups in total. The van der Waals surface area contributed by atoms with Crippen LogP contribution in [0.5, 0.6) is 0 Å². The van der Waals surface area contributed by atoms with Gasteiger partial charge >= 0.3 is 0 Å². The summed E-state index contributed by atoms with van der Waals surface area (Å²) in [5, 5.41) is 0. The molecular formula is C17H18FN3O3S. The van der Waals surface area contributed by atoms with Gasteiger partial charge in [-0.1, -0.05) is 13.8 Å². The fourth-order valence-corrected chi connectivity index (χ4v) is 2.69. The molecule has 25 heavy (non-hydrogen) atoms. The normalized spacial score (nSPS) is 11.9. The van der Waals surface area contributed by atoms with Crippen molar-refractivity contribution in [1.82, 2.24) is 9.97 Å².